The molecule has 0 fully saturated rings. The van der Waals surface area contributed by atoms with Crippen LogP contribution in [0.5, 0.6) is 0 Å². The maximum absolute atomic E-state index is 10.7. The van der Waals surface area contributed by atoms with Crippen LogP contribution in [-0.4, -0.2) is 18.4 Å². The third-order valence-electron chi connectivity index (χ3n) is 2.13. The third kappa shape index (κ3) is 2.34. The van der Waals surface area contributed by atoms with Gasteiger partial charge in [0, 0.05) is 30.4 Å². The summed E-state index contributed by atoms with van der Waals surface area (Å²) in [7, 11) is -2.45. The van der Waals surface area contributed by atoms with E-state index in [1.807, 2.05) is 0 Å². The number of nitrogens with zero attached hydrogens (tertiary/aromatic N) is 2. The molecule has 0 spiro atoms. The van der Waals surface area contributed by atoms with E-state index in [1.165, 1.54) is 0 Å². The van der Waals surface area contributed by atoms with E-state index in [2.05, 4.69) is 14.3 Å². The van der Waals surface area contributed by atoms with E-state index in [1.54, 1.807) is 43.0 Å². The van der Waals surface area contributed by atoms with Crippen molar-refractivity contribution in [1.82, 2.24) is 9.97 Å². The second-order valence-electron chi connectivity index (χ2n) is 3.16. The molecular weight excluding hydrogens is 226 g/mol. The van der Waals surface area contributed by atoms with Crippen LogP contribution in [0.15, 0.2) is 47.3 Å². The Morgan fingerprint density at radius 2 is 2.19 bits per heavy atom. The SMILES string of the molecule is O=S(=O)=NC(c1cccnc1)c1cc[nH]c1. The van der Waals surface area contributed by atoms with E-state index in [9.17, 15) is 8.42 Å². The molecule has 6 heteroatoms. The first-order valence-corrected chi connectivity index (χ1v) is 5.63. The molecule has 0 radical (unpaired) electrons. The molecule has 16 heavy (non-hydrogen) atoms. The van der Waals surface area contributed by atoms with Crippen LogP contribution in [0.1, 0.15) is 17.2 Å². The first-order chi connectivity index (χ1) is 7.77. The largest absolute Gasteiger partial charge is 0.367 e. The lowest BCUT2D eigenvalue weighted by Crippen LogP contribution is -1.96. The predicted octanol–water partition coefficient (Wildman–Crippen LogP) is 1.56. The highest BCUT2D eigenvalue weighted by atomic mass is 32.2. The van der Waals surface area contributed by atoms with Gasteiger partial charge < -0.3 is 4.98 Å². The Labute approximate surface area is 93.9 Å². The molecular formula is C10H9N3O2S. The summed E-state index contributed by atoms with van der Waals surface area (Å²) in [6.07, 6.45) is 6.68. The first kappa shape index (κ1) is 10.6. The van der Waals surface area contributed by atoms with Crippen LogP contribution in [0.2, 0.25) is 0 Å². The van der Waals surface area contributed by atoms with Gasteiger partial charge in [-0.05, 0) is 17.7 Å². The number of pyridine rings is 1. The van der Waals surface area contributed by atoms with Crippen molar-refractivity contribution in [3.63, 3.8) is 0 Å². The van der Waals surface area contributed by atoms with Gasteiger partial charge in [-0.15, -0.1) is 0 Å². The van der Waals surface area contributed by atoms with Crippen molar-refractivity contribution in [3.05, 3.63) is 54.1 Å². The van der Waals surface area contributed by atoms with E-state index in [4.69, 9.17) is 0 Å². The Morgan fingerprint density at radius 3 is 2.75 bits per heavy atom. The standard InChI is InChI=1S/C10H9N3O2S/c14-16(15)13-10(9-3-5-12-7-9)8-2-1-4-11-6-8/h1-7,10,12H. The van der Waals surface area contributed by atoms with Gasteiger partial charge in [0.15, 0.2) is 0 Å². The van der Waals surface area contributed by atoms with Crippen LogP contribution in [0.4, 0.5) is 0 Å². The Kier molecular flexibility index (Phi) is 3.11. The molecule has 2 heterocycles. The van der Waals surface area contributed by atoms with Crippen LogP contribution in [0, 0.1) is 0 Å². The van der Waals surface area contributed by atoms with E-state index < -0.39 is 16.5 Å². The average Bonchev–Trinajstić information content (AvgIpc) is 2.80. The second kappa shape index (κ2) is 4.71. The Bertz CT molecular complexity index is 568. The van der Waals surface area contributed by atoms with Crippen molar-refractivity contribution in [2.45, 2.75) is 6.04 Å². The van der Waals surface area contributed by atoms with Crippen molar-refractivity contribution in [1.29, 1.82) is 0 Å². The maximum atomic E-state index is 10.7. The summed E-state index contributed by atoms with van der Waals surface area (Å²) in [6, 6.07) is 4.80. The van der Waals surface area contributed by atoms with Gasteiger partial charge in [-0.1, -0.05) is 6.07 Å². The van der Waals surface area contributed by atoms with Gasteiger partial charge >= 0.3 is 10.5 Å². The molecule has 0 saturated heterocycles. The molecule has 1 unspecified atom stereocenters. The van der Waals surface area contributed by atoms with Gasteiger partial charge in [0.25, 0.3) is 0 Å². The summed E-state index contributed by atoms with van der Waals surface area (Å²) in [5.74, 6) is 0. The first-order valence-electron chi connectivity index (χ1n) is 4.60. The van der Waals surface area contributed by atoms with Gasteiger partial charge in [0.05, 0.1) is 0 Å². The van der Waals surface area contributed by atoms with Gasteiger partial charge in [-0.2, -0.15) is 12.8 Å². The number of nitrogens with one attached hydrogen (secondary N) is 1. The van der Waals surface area contributed by atoms with Crippen LogP contribution in [0.3, 0.4) is 0 Å². The minimum atomic E-state index is -2.45. The number of hydrogen-bond acceptors (Lipinski definition) is 4. The monoisotopic (exact) mass is 235 g/mol. The fourth-order valence-electron chi connectivity index (χ4n) is 1.44. The Hall–Kier alpha value is -1.95. The second-order valence-corrected chi connectivity index (χ2v) is 3.80. The van der Waals surface area contributed by atoms with Crippen molar-refractivity contribution < 1.29 is 8.42 Å². The molecule has 0 aliphatic carbocycles. The summed E-state index contributed by atoms with van der Waals surface area (Å²) in [5, 5.41) is 0. The van der Waals surface area contributed by atoms with Gasteiger partial charge in [-0.25, -0.2) is 0 Å². The molecule has 1 atom stereocenters. The Balaban J connectivity index is 2.48. The van der Waals surface area contributed by atoms with E-state index in [-0.39, 0.29) is 0 Å². The lowest BCUT2D eigenvalue weighted by Gasteiger charge is -2.07. The Morgan fingerprint density at radius 1 is 1.31 bits per heavy atom. The molecule has 2 aromatic rings. The van der Waals surface area contributed by atoms with Crippen LogP contribution < -0.4 is 0 Å². The zero-order chi connectivity index (χ0) is 11.4. The number of H-pyrrole nitrogens is 1. The lowest BCUT2D eigenvalue weighted by molar-refractivity contribution is 0.617. The molecule has 0 amide bonds. The molecule has 0 aromatic carbocycles. The predicted molar refractivity (Wildman–Crippen MR) is 58.2 cm³/mol. The van der Waals surface area contributed by atoms with E-state index >= 15 is 0 Å². The molecule has 0 saturated carbocycles. The smallest absolute Gasteiger partial charge is 0.312 e. The van der Waals surface area contributed by atoms with Gasteiger partial charge in [-0.3, -0.25) is 4.98 Å². The van der Waals surface area contributed by atoms with Crippen molar-refractivity contribution in [2.75, 3.05) is 0 Å². The zero-order valence-electron chi connectivity index (χ0n) is 8.24. The summed E-state index contributed by atoms with van der Waals surface area (Å²) in [4.78, 5) is 6.82. The molecule has 82 valence electrons. The minimum Gasteiger partial charge on any atom is -0.367 e. The molecule has 2 rings (SSSR count). The highest BCUT2D eigenvalue weighted by Gasteiger charge is 2.13. The van der Waals surface area contributed by atoms with Crippen molar-refractivity contribution in [2.24, 2.45) is 4.36 Å². The van der Waals surface area contributed by atoms with E-state index in [0.29, 0.717) is 0 Å². The van der Waals surface area contributed by atoms with Crippen LogP contribution >= 0.6 is 0 Å². The fraction of sp³-hybridized carbons (Fsp3) is 0.100. The zero-order valence-corrected chi connectivity index (χ0v) is 9.05. The molecule has 2 aromatic heterocycles. The highest BCUT2D eigenvalue weighted by molar-refractivity contribution is 7.61. The lowest BCUT2D eigenvalue weighted by atomic mass is 10.0. The third-order valence-corrected chi connectivity index (χ3v) is 2.51. The maximum Gasteiger partial charge on any atom is 0.312 e. The molecule has 1 N–H and O–H groups in total. The molecule has 5 nitrogen and oxygen atoms in total. The van der Waals surface area contributed by atoms with Crippen molar-refractivity contribution >= 4 is 10.5 Å². The number of aromatic amines is 1. The topological polar surface area (TPSA) is 75.2 Å². The summed E-state index contributed by atoms with van der Waals surface area (Å²) < 4.78 is 25.0. The highest BCUT2D eigenvalue weighted by Crippen LogP contribution is 2.24. The molecule has 0 bridgehead atoms. The number of aromatic nitrogens is 2. The number of hydrogen-bond donors (Lipinski definition) is 1. The molecule has 0 aliphatic heterocycles. The fourth-order valence-corrected chi connectivity index (χ4v) is 1.86. The van der Waals surface area contributed by atoms with Crippen LogP contribution in [0.25, 0.3) is 0 Å². The normalized spacial score (nSPS) is 12.0. The number of rotatable bonds is 3. The van der Waals surface area contributed by atoms with Gasteiger partial charge in [0.1, 0.15) is 6.04 Å². The minimum absolute atomic E-state index is 0.529. The van der Waals surface area contributed by atoms with Gasteiger partial charge in [0.2, 0.25) is 0 Å². The summed E-state index contributed by atoms with van der Waals surface area (Å²) in [6.45, 7) is 0. The summed E-state index contributed by atoms with van der Waals surface area (Å²) >= 11 is 0. The van der Waals surface area contributed by atoms with Crippen molar-refractivity contribution in [3.8, 4) is 0 Å². The quantitative estimate of drug-likeness (QED) is 0.877. The molecule has 0 aliphatic rings. The van der Waals surface area contributed by atoms with Crippen LogP contribution in [-0.2, 0) is 10.5 Å². The average molecular weight is 235 g/mol. The van der Waals surface area contributed by atoms with E-state index in [0.717, 1.165) is 11.1 Å². The summed E-state index contributed by atoms with van der Waals surface area (Å²) in [5.41, 5.74) is 1.53.